The van der Waals surface area contributed by atoms with Crippen molar-refractivity contribution in [1.29, 1.82) is 0 Å². The van der Waals surface area contributed by atoms with Crippen LogP contribution >= 0.6 is 0 Å². The average Bonchev–Trinajstić information content (AvgIpc) is 3.16. The monoisotopic (exact) mass is 458 g/mol. The lowest BCUT2D eigenvalue weighted by Gasteiger charge is -2.28. The highest BCUT2D eigenvalue weighted by molar-refractivity contribution is 5.89. The molecule has 2 aliphatic heterocycles. The van der Waals surface area contributed by atoms with Crippen molar-refractivity contribution in [2.24, 2.45) is 0 Å². The van der Waals surface area contributed by atoms with Crippen LogP contribution in [-0.4, -0.2) is 18.2 Å². The molecule has 0 fully saturated rings. The number of halogens is 2. The molecule has 1 amide bonds. The molecular weight excluding hydrogens is 426 g/mol. The van der Waals surface area contributed by atoms with Crippen molar-refractivity contribution in [2.75, 3.05) is 11.4 Å². The number of fused-ring (bicyclic) bond motifs is 2. The number of anilines is 1. The molecule has 0 saturated heterocycles. The van der Waals surface area contributed by atoms with Crippen molar-refractivity contribution in [3.05, 3.63) is 63.7 Å². The van der Waals surface area contributed by atoms with Gasteiger partial charge in [0, 0.05) is 19.1 Å². The second kappa shape index (κ2) is 9.77. The summed E-state index contributed by atoms with van der Waals surface area (Å²) in [5.41, 5.74) is 5.30. The Labute approximate surface area is 194 Å². The molecule has 0 aromatic heterocycles. The van der Waals surface area contributed by atoms with E-state index in [-0.39, 0.29) is 12.1 Å². The number of ether oxygens (including phenoxy) is 2. The minimum absolute atomic E-state index is 0.0128. The lowest BCUT2D eigenvalue weighted by Crippen LogP contribution is -2.37. The van der Waals surface area contributed by atoms with Crippen LogP contribution in [0.1, 0.15) is 73.0 Å². The van der Waals surface area contributed by atoms with Crippen molar-refractivity contribution in [2.45, 2.75) is 78.4 Å². The van der Waals surface area contributed by atoms with Crippen molar-refractivity contribution in [3.63, 3.8) is 0 Å². The molecule has 0 spiro atoms. The van der Waals surface area contributed by atoms with Crippen LogP contribution in [0, 0.1) is 0 Å². The molecule has 7 heteroatoms. The number of benzene rings is 2. The van der Waals surface area contributed by atoms with E-state index in [0.717, 1.165) is 40.8 Å². The second-order valence-corrected chi connectivity index (χ2v) is 9.81. The van der Waals surface area contributed by atoms with Gasteiger partial charge in [-0.05, 0) is 79.1 Å². The summed E-state index contributed by atoms with van der Waals surface area (Å²) in [7, 11) is 0. The molecular formula is C26H32F2N2O3. The van der Waals surface area contributed by atoms with Crippen molar-refractivity contribution in [1.82, 2.24) is 5.32 Å². The van der Waals surface area contributed by atoms with E-state index >= 15 is 0 Å². The summed E-state index contributed by atoms with van der Waals surface area (Å²) < 4.78 is 37.8. The number of amides is 1. The fourth-order valence-corrected chi connectivity index (χ4v) is 4.53. The number of nitrogens with zero attached hydrogens (tertiary/aromatic N) is 1. The van der Waals surface area contributed by atoms with Gasteiger partial charge >= 0.3 is 6.09 Å². The first-order chi connectivity index (χ1) is 15.8. The maximum absolute atomic E-state index is 13.2. The molecule has 0 radical (unpaired) electrons. The molecule has 0 saturated carbocycles. The second-order valence-electron chi connectivity index (χ2n) is 9.81. The minimum Gasteiger partial charge on any atom is -0.443 e. The summed E-state index contributed by atoms with van der Waals surface area (Å²) in [6.07, 6.45) is 1.27. The van der Waals surface area contributed by atoms with Crippen LogP contribution in [0.5, 0.6) is 0 Å². The smallest absolute Gasteiger partial charge is 0.414 e. The number of alkyl halides is 2. The normalized spacial score (nSPS) is 18.0. The molecule has 0 bridgehead atoms. The Hall–Kier alpha value is -2.51. The van der Waals surface area contributed by atoms with Gasteiger partial charge in [-0.2, -0.15) is 0 Å². The van der Waals surface area contributed by atoms with Crippen molar-refractivity contribution in [3.8, 4) is 0 Å². The van der Waals surface area contributed by atoms with E-state index in [1.165, 1.54) is 0 Å². The largest absolute Gasteiger partial charge is 0.443 e. The van der Waals surface area contributed by atoms with Crippen LogP contribution in [0.25, 0.3) is 0 Å². The molecule has 1 N–H and O–H groups in total. The highest BCUT2D eigenvalue weighted by atomic mass is 19.1. The fourth-order valence-electron chi connectivity index (χ4n) is 4.53. The van der Waals surface area contributed by atoms with Crippen LogP contribution in [0.4, 0.5) is 19.3 Å². The molecule has 4 rings (SSSR count). The molecule has 33 heavy (non-hydrogen) atoms. The van der Waals surface area contributed by atoms with E-state index in [4.69, 9.17) is 9.47 Å². The SMILES string of the molecule is CC(C)(C)OC(=O)N1CCC[C@H](NCc2cc(CF)cc(CF)c2)c2cc3c(cc21)COC3. The van der Waals surface area contributed by atoms with Crippen LogP contribution in [0.2, 0.25) is 0 Å². The Balaban J connectivity index is 1.63. The summed E-state index contributed by atoms with van der Waals surface area (Å²) in [6, 6.07) is 9.27. The predicted molar refractivity (Wildman–Crippen MR) is 123 cm³/mol. The first-order valence-electron chi connectivity index (χ1n) is 11.5. The average molecular weight is 459 g/mol. The Morgan fingerprint density at radius 1 is 1.06 bits per heavy atom. The number of hydrogen-bond donors (Lipinski definition) is 1. The zero-order valence-electron chi connectivity index (χ0n) is 19.5. The van der Waals surface area contributed by atoms with Gasteiger partial charge in [-0.15, -0.1) is 0 Å². The van der Waals surface area contributed by atoms with Crippen LogP contribution in [0.15, 0.2) is 30.3 Å². The molecule has 0 aliphatic carbocycles. The van der Waals surface area contributed by atoms with Crippen molar-refractivity contribution < 1.29 is 23.0 Å². The fraction of sp³-hybridized carbons (Fsp3) is 0.500. The van der Waals surface area contributed by atoms with E-state index in [2.05, 4.69) is 11.4 Å². The van der Waals surface area contributed by atoms with E-state index in [0.29, 0.717) is 37.4 Å². The Morgan fingerprint density at radius 3 is 2.33 bits per heavy atom. The summed E-state index contributed by atoms with van der Waals surface area (Å²) in [4.78, 5) is 14.8. The van der Waals surface area contributed by atoms with Crippen LogP contribution in [-0.2, 0) is 42.6 Å². The van der Waals surface area contributed by atoms with E-state index < -0.39 is 19.0 Å². The summed E-state index contributed by atoms with van der Waals surface area (Å²) in [6.45, 7) is 6.47. The van der Waals surface area contributed by atoms with E-state index in [1.807, 2.05) is 26.8 Å². The minimum atomic E-state index is -0.621. The maximum Gasteiger partial charge on any atom is 0.414 e. The van der Waals surface area contributed by atoms with Gasteiger partial charge < -0.3 is 14.8 Å². The molecule has 2 aromatic carbocycles. The van der Waals surface area contributed by atoms with Gasteiger partial charge in [0.05, 0.1) is 18.9 Å². The quantitative estimate of drug-likeness (QED) is 0.595. The lowest BCUT2D eigenvalue weighted by molar-refractivity contribution is 0.0580. The van der Waals surface area contributed by atoms with Gasteiger partial charge in [0.15, 0.2) is 0 Å². The third kappa shape index (κ3) is 5.53. The Kier molecular flexibility index (Phi) is 7.00. The first kappa shape index (κ1) is 23.6. The van der Waals surface area contributed by atoms with Crippen molar-refractivity contribution >= 4 is 11.8 Å². The Morgan fingerprint density at radius 2 is 1.70 bits per heavy atom. The number of carbonyl (C=O) groups is 1. The molecule has 178 valence electrons. The maximum atomic E-state index is 13.2. The van der Waals surface area contributed by atoms with Gasteiger partial charge in [0.25, 0.3) is 0 Å². The third-order valence-electron chi connectivity index (χ3n) is 5.99. The zero-order chi connectivity index (χ0) is 23.6. The molecule has 5 nitrogen and oxygen atoms in total. The third-order valence-corrected chi connectivity index (χ3v) is 5.99. The highest BCUT2D eigenvalue weighted by Gasteiger charge is 2.31. The summed E-state index contributed by atoms with van der Waals surface area (Å²) in [5.74, 6) is 0. The van der Waals surface area contributed by atoms with E-state index in [9.17, 15) is 13.6 Å². The lowest BCUT2D eigenvalue weighted by atomic mass is 9.96. The molecule has 0 unspecified atom stereocenters. The standard InChI is InChI=1S/C26H32F2N2O3/c1-26(2,3)33-25(31)30-6-4-5-23(22-10-20-15-32-16-21(20)11-24(22)30)29-14-19-8-17(12-27)7-18(9-19)13-28/h7-11,23,29H,4-6,12-16H2,1-3H3/t23-/m0/s1. The van der Waals surface area contributed by atoms with Gasteiger partial charge in [0.2, 0.25) is 0 Å². The zero-order valence-corrected chi connectivity index (χ0v) is 19.5. The number of hydrogen-bond acceptors (Lipinski definition) is 4. The molecule has 2 heterocycles. The summed E-state index contributed by atoms with van der Waals surface area (Å²) >= 11 is 0. The Bertz CT molecular complexity index is 997. The predicted octanol–water partition coefficient (Wildman–Crippen LogP) is 6.02. The van der Waals surface area contributed by atoms with Gasteiger partial charge in [0.1, 0.15) is 19.0 Å². The van der Waals surface area contributed by atoms with Gasteiger partial charge in [-0.3, -0.25) is 4.90 Å². The number of rotatable bonds is 5. The van der Waals surface area contributed by atoms with Gasteiger partial charge in [-0.25, -0.2) is 13.6 Å². The van der Waals surface area contributed by atoms with E-state index in [1.54, 1.807) is 23.1 Å². The molecule has 1 atom stereocenters. The number of nitrogens with one attached hydrogen (secondary N) is 1. The molecule has 2 aliphatic rings. The van der Waals surface area contributed by atoms with Crippen LogP contribution < -0.4 is 10.2 Å². The van der Waals surface area contributed by atoms with Crippen LogP contribution in [0.3, 0.4) is 0 Å². The topological polar surface area (TPSA) is 50.8 Å². The molecule has 2 aromatic rings. The van der Waals surface area contributed by atoms with Gasteiger partial charge in [-0.1, -0.05) is 18.2 Å². The summed E-state index contributed by atoms with van der Waals surface area (Å²) in [5, 5.41) is 3.57. The number of carbonyl (C=O) groups excluding carboxylic acids is 1. The first-order valence-corrected chi connectivity index (χ1v) is 11.5. The highest BCUT2D eigenvalue weighted by Crippen LogP contribution is 2.38.